The topological polar surface area (TPSA) is 59.0 Å². The van der Waals surface area contributed by atoms with Gasteiger partial charge in [-0.15, -0.1) is 0 Å². The van der Waals surface area contributed by atoms with Gasteiger partial charge in [0.2, 0.25) is 0 Å². The van der Waals surface area contributed by atoms with Crippen molar-refractivity contribution < 1.29 is 19.4 Å². The van der Waals surface area contributed by atoms with Gasteiger partial charge >= 0.3 is 5.97 Å². The van der Waals surface area contributed by atoms with Crippen LogP contribution in [0, 0.1) is 0 Å². The van der Waals surface area contributed by atoms with Gasteiger partial charge in [-0.25, -0.2) is 0 Å². The van der Waals surface area contributed by atoms with Crippen LogP contribution >= 0.6 is 11.6 Å². The van der Waals surface area contributed by atoms with E-state index >= 15 is 0 Å². The second-order valence-corrected chi connectivity index (χ2v) is 6.70. The van der Waals surface area contributed by atoms with Gasteiger partial charge in [-0.3, -0.25) is 9.69 Å². The van der Waals surface area contributed by atoms with Gasteiger partial charge in [-0.05, 0) is 41.8 Å². The Labute approximate surface area is 158 Å². The first kappa shape index (κ1) is 18.5. The van der Waals surface area contributed by atoms with Crippen molar-refractivity contribution in [1.82, 2.24) is 4.90 Å². The molecule has 5 nitrogen and oxygen atoms in total. The standard InChI is InChI=1S/C20H22ClNO4/c1-3-17(20(24)25-2)22-7-8-26-19-15(12-22)9-14(11-18(19)23)13-5-4-6-16(21)10-13/h4-6,9-11,17,23H,3,7-8,12H2,1-2H3/t17-/m0/s1. The van der Waals surface area contributed by atoms with Gasteiger partial charge in [0, 0.05) is 23.7 Å². The molecule has 1 N–H and O–H groups in total. The lowest BCUT2D eigenvalue weighted by atomic mass is 10.0. The largest absolute Gasteiger partial charge is 0.504 e. The van der Waals surface area contributed by atoms with E-state index in [2.05, 4.69) is 0 Å². The number of hydrogen-bond acceptors (Lipinski definition) is 5. The second kappa shape index (κ2) is 7.98. The number of benzene rings is 2. The summed E-state index contributed by atoms with van der Waals surface area (Å²) in [7, 11) is 1.40. The Kier molecular flexibility index (Phi) is 5.69. The van der Waals surface area contributed by atoms with Crippen molar-refractivity contribution >= 4 is 17.6 Å². The van der Waals surface area contributed by atoms with Gasteiger partial charge in [0.1, 0.15) is 12.6 Å². The summed E-state index contributed by atoms with van der Waals surface area (Å²) in [6, 6.07) is 10.8. The third-order valence-electron chi connectivity index (χ3n) is 4.60. The van der Waals surface area contributed by atoms with Gasteiger partial charge in [0.15, 0.2) is 11.5 Å². The number of carbonyl (C=O) groups is 1. The molecule has 138 valence electrons. The van der Waals surface area contributed by atoms with Crippen LogP contribution in [0.15, 0.2) is 36.4 Å². The number of methoxy groups -OCH3 is 1. The lowest BCUT2D eigenvalue weighted by Gasteiger charge is -2.27. The molecule has 1 aliphatic heterocycles. The zero-order chi connectivity index (χ0) is 18.7. The molecule has 26 heavy (non-hydrogen) atoms. The van der Waals surface area contributed by atoms with Crippen LogP contribution in [0.1, 0.15) is 18.9 Å². The molecule has 6 heteroatoms. The highest BCUT2D eigenvalue weighted by Gasteiger charge is 2.29. The van der Waals surface area contributed by atoms with E-state index in [4.69, 9.17) is 21.1 Å². The molecule has 0 unspecified atom stereocenters. The van der Waals surface area contributed by atoms with Crippen LogP contribution in [0.5, 0.6) is 11.5 Å². The van der Waals surface area contributed by atoms with E-state index in [1.165, 1.54) is 7.11 Å². The second-order valence-electron chi connectivity index (χ2n) is 6.26. The molecule has 3 rings (SSSR count). The van der Waals surface area contributed by atoms with E-state index in [0.29, 0.717) is 36.9 Å². The first-order valence-corrected chi connectivity index (χ1v) is 8.97. The van der Waals surface area contributed by atoms with Crippen molar-refractivity contribution in [2.45, 2.75) is 25.9 Å². The summed E-state index contributed by atoms with van der Waals surface area (Å²) >= 11 is 6.09. The summed E-state index contributed by atoms with van der Waals surface area (Å²) < 4.78 is 10.7. The Morgan fingerprint density at radius 1 is 1.35 bits per heavy atom. The molecule has 1 heterocycles. The van der Waals surface area contributed by atoms with Gasteiger partial charge in [0.05, 0.1) is 7.11 Å². The molecule has 0 radical (unpaired) electrons. The normalized spacial score (nSPS) is 15.5. The average molecular weight is 376 g/mol. The van der Waals surface area contributed by atoms with Crippen LogP contribution in [0.25, 0.3) is 11.1 Å². The van der Waals surface area contributed by atoms with Crippen LogP contribution in [-0.4, -0.2) is 42.3 Å². The first-order chi connectivity index (χ1) is 12.5. The highest BCUT2D eigenvalue weighted by Crippen LogP contribution is 2.38. The van der Waals surface area contributed by atoms with Gasteiger partial charge in [-0.2, -0.15) is 0 Å². The minimum absolute atomic E-state index is 0.0884. The highest BCUT2D eigenvalue weighted by atomic mass is 35.5. The van der Waals surface area contributed by atoms with Crippen LogP contribution in [0.2, 0.25) is 5.02 Å². The highest BCUT2D eigenvalue weighted by molar-refractivity contribution is 6.30. The molecule has 2 aromatic rings. The molecular weight excluding hydrogens is 354 g/mol. The number of esters is 1. The number of carbonyl (C=O) groups excluding carboxylic acids is 1. The Balaban J connectivity index is 1.98. The van der Waals surface area contributed by atoms with Crippen LogP contribution in [-0.2, 0) is 16.1 Å². The SMILES string of the molecule is CC[C@@H](C(=O)OC)N1CCOc2c(O)cc(-c3cccc(Cl)c3)cc2C1. The number of halogens is 1. The van der Waals surface area contributed by atoms with E-state index < -0.39 is 0 Å². The summed E-state index contributed by atoms with van der Waals surface area (Å²) in [5, 5.41) is 11.1. The van der Waals surface area contributed by atoms with E-state index in [0.717, 1.165) is 16.7 Å². The minimum atomic E-state index is -0.341. The summed E-state index contributed by atoms with van der Waals surface area (Å²) in [5.74, 6) is 0.301. The quantitative estimate of drug-likeness (QED) is 0.822. The summed E-state index contributed by atoms with van der Waals surface area (Å²) in [6.45, 7) is 3.41. The number of fused-ring (bicyclic) bond motifs is 1. The van der Waals surface area contributed by atoms with Crippen molar-refractivity contribution in [2.24, 2.45) is 0 Å². The summed E-state index contributed by atoms with van der Waals surface area (Å²) in [6.07, 6.45) is 0.641. The fourth-order valence-electron chi connectivity index (χ4n) is 3.33. The molecule has 0 saturated heterocycles. The molecule has 0 spiro atoms. The molecule has 0 saturated carbocycles. The molecule has 0 amide bonds. The van der Waals surface area contributed by atoms with Crippen molar-refractivity contribution in [3.05, 3.63) is 47.0 Å². The fourth-order valence-corrected chi connectivity index (χ4v) is 3.52. The maximum atomic E-state index is 12.1. The summed E-state index contributed by atoms with van der Waals surface area (Å²) in [5.41, 5.74) is 2.59. The van der Waals surface area contributed by atoms with Gasteiger partial charge in [0.25, 0.3) is 0 Å². The molecule has 0 aliphatic carbocycles. The Hall–Kier alpha value is -2.24. The maximum absolute atomic E-state index is 12.1. The number of nitrogens with zero attached hydrogens (tertiary/aromatic N) is 1. The summed E-state index contributed by atoms with van der Waals surface area (Å²) in [4.78, 5) is 14.1. The van der Waals surface area contributed by atoms with E-state index in [-0.39, 0.29) is 17.8 Å². The van der Waals surface area contributed by atoms with Crippen LogP contribution in [0.4, 0.5) is 0 Å². The number of phenolic OH excluding ortho intramolecular Hbond substituents is 1. The zero-order valence-electron chi connectivity index (χ0n) is 14.9. The van der Waals surface area contributed by atoms with Crippen molar-refractivity contribution in [3.8, 4) is 22.6 Å². The predicted molar refractivity (Wildman–Crippen MR) is 101 cm³/mol. The first-order valence-electron chi connectivity index (χ1n) is 8.60. The smallest absolute Gasteiger partial charge is 0.323 e. The zero-order valence-corrected chi connectivity index (χ0v) is 15.6. The molecule has 0 aromatic heterocycles. The number of phenols is 1. The molecule has 0 bridgehead atoms. The van der Waals surface area contributed by atoms with E-state index in [1.54, 1.807) is 12.1 Å². The number of ether oxygens (including phenoxy) is 2. The van der Waals surface area contributed by atoms with Crippen molar-refractivity contribution in [3.63, 3.8) is 0 Å². The van der Waals surface area contributed by atoms with Crippen LogP contribution in [0.3, 0.4) is 0 Å². The maximum Gasteiger partial charge on any atom is 0.323 e. The van der Waals surface area contributed by atoms with Crippen molar-refractivity contribution in [1.29, 1.82) is 0 Å². The number of rotatable bonds is 4. The molecule has 1 aliphatic rings. The third-order valence-corrected chi connectivity index (χ3v) is 4.84. The van der Waals surface area contributed by atoms with Gasteiger partial charge < -0.3 is 14.6 Å². The Morgan fingerprint density at radius 3 is 2.85 bits per heavy atom. The monoisotopic (exact) mass is 375 g/mol. The molecule has 1 atom stereocenters. The Morgan fingerprint density at radius 2 is 2.15 bits per heavy atom. The predicted octanol–water partition coefficient (Wildman–Crippen LogP) is 3.86. The third kappa shape index (κ3) is 3.79. The van der Waals surface area contributed by atoms with E-state index in [1.807, 2.05) is 36.1 Å². The lowest BCUT2D eigenvalue weighted by molar-refractivity contribution is -0.147. The number of aromatic hydroxyl groups is 1. The minimum Gasteiger partial charge on any atom is -0.504 e. The lowest BCUT2D eigenvalue weighted by Crippen LogP contribution is -2.42. The average Bonchev–Trinajstić information content (AvgIpc) is 2.85. The Bertz CT molecular complexity index is 808. The molecule has 2 aromatic carbocycles. The molecule has 0 fully saturated rings. The molecular formula is C20H22ClNO4. The van der Waals surface area contributed by atoms with Crippen LogP contribution < -0.4 is 4.74 Å². The fraction of sp³-hybridized carbons (Fsp3) is 0.350. The van der Waals surface area contributed by atoms with E-state index in [9.17, 15) is 9.90 Å². The van der Waals surface area contributed by atoms with Crippen molar-refractivity contribution in [2.75, 3.05) is 20.3 Å². The number of hydrogen-bond donors (Lipinski definition) is 1. The van der Waals surface area contributed by atoms with Gasteiger partial charge in [-0.1, -0.05) is 30.7 Å².